The molecule has 2 aromatic rings. The third kappa shape index (κ3) is 3.31. The van der Waals surface area contributed by atoms with Crippen LogP contribution >= 0.6 is 23.4 Å². The predicted molar refractivity (Wildman–Crippen MR) is 76.4 cm³/mol. The first kappa shape index (κ1) is 13.5. The summed E-state index contributed by atoms with van der Waals surface area (Å²) in [6.07, 6.45) is 2.50. The molecular weight excluding hydrogens is 266 g/mol. The maximum Gasteiger partial charge on any atom is 0.114 e. The fourth-order valence-corrected chi connectivity index (χ4v) is 2.91. The number of furan rings is 1. The summed E-state index contributed by atoms with van der Waals surface area (Å²) in [5.74, 6) is 0.927. The van der Waals surface area contributed by atoms with Crippen LogP contribution in [0.5, 0.6) is 0 Å². The summed E-state index contributed by atoms with van der Waals surface area (Å²) in [5, 5.41) is 0.776. The first-order valence-electron chi connectivity index (χ1n) is 5.82. The number of rotatable bonds is 4. The molecule has 0 bridgehead atoms. The second-order valence-electron chi connectivity index (χ2n) is 4.38. The Morgan fingerprint density at radius 3 is 2.72 bits per heavy atom. The maximum atomic E-state index is 6.26. The van der Waals surface area contributed by atoms with Crippen LogP contribution in [-0.4, -0.2) is 6.04 Å². The Kier molecular flexibility index (Phi) is 4.38. The van der Waals surface area contributed by atoms with Crippen molar-refractivity contribution in [3.63, 3.8) is 0 Å². The van der Waals surface area contributed by atoms with E-state index in [1.165, 1.54) is 0 Å². The molecule has 0 amide bonds. The second-order valence-corrected chi connectivity index (χ2v) is 5.90. The van der Waals surface area contributed by atoms with Crippen LogP contribution in [0.3, 0.4) is 0 Å². The summed E-state index contributed by atoms with van der Waals surface area (Å²) in [5.41, 5.74) is 6.88. The number of aryl methyl sites for hydroxylation is 1. The molecule has 0 fully saturated rings. The van der Waals surface area contributed by atoms with E-state index in [9.17, 15) is 0 Å². The van der Waals surface area contributed by atoms with E-state index >= 15 is 0 Å². The normalized spacial score (nSPS) is 12.7. The zero-order chi connectivity index (χ0) is 13.1. The highest BCUT2D eigenvalue weighted by Gasteiger charge is 2.07. The van der Waals surface area contributed by atoms with Gasteiger partial charge in [-0.15, -0.1) is 0 Å². The Bertz CT molecular complexity index is 536. The Morgan fingerprint density at radius 1 is 1.39 bits per heavy atom. The molecular formula is C14H16ClNOS. The number of benzene rings is 1. The van der Waals surface area contributed by atoms with Crippen LogP contribution in [0.2, 0.25) is 5.02 Å². The summed E-state index contributed by atoms with van der Waals surface area (Å²) in [4.78, 5) is 2.23. The summed E-state index contributed by atoms with van der Waals surface area (Å²) >= 11 is 7.91. The summed E-state index contributed by atoms with van der Waals surface area (Å²) < 4.78 is 5.27. The molecule has 0 spiro atoms. The zero-order valence-electron chi connectivity index (χ0n) is 10.4. The largest absolute Gasteiger partial charge is 0.468 e. The van der Waals surface area contributed by atoms with Gasteiger partial charge in [0.05, 0.1) is 11.2 Å². The average molecular weight is 282 g/mol. The van der Waals surface area contributed by atoms with Crippen molar-refractivity contribution in [3.8, 4) is 0 Å². The standard InChI is InChI=1S/C14H16ClNOS/c1-9(16)7-11-3-4-12(8-13(11)15)18-14-5-6-17-10(14)2/h3-6,8-9H,7,16H2,1-2H3. The van der Waals surface area contributed by atoms with Crippen LogP contribution in [0.15, 0.2) is 44.7 Å². The lowest BCUT2D eigenvalue weighted by Crippen LogP contribution is -2.17. The first-order valence-corrected chi connectivity index (χ1v) is 7.01. The SMILES string of the molecule is Cc1occc1Sc1ccc(CC(C)N)c(Cl)c1. The monoisotopic (exact) mass is 281 g/mol. The van der Waals surface area contributed by atoms with Gasteiger partial charge in [-0.2, -0.15) is 0 Å². The van der Waals surface area contributed by atoms with E-state index in [2.05, 4.69) is 6.07 Å². The fourth-order valence-electron chi connectivity index (χ4n) is 1.71. The molecule has 1 unspecified atom stereocenters. The van der Waals surface area contributed by atoms with E-state index in [0.717, 1.165) is 32.6 Å². The maximum absolute atomic E-state index is 6.26. The molecule has 18 heavy (non-hydrogen) atoms. The van der Waals surface area contributed by atoms with Gasteiger partial charge in [-0.3, -0.25) is 0 Å². The van der Waals surface area contributed by atoms with Gasteiger partial charge in [-0.25, -0.2) is 0 Å². The molecule has 1 aromatic heterocycles. The highest BCUT2D eigenvalue weighted by molar-refractivity contribution is 7.99. The van der Waals surface area contributed by atoms with Crippen LogP contribution in [0.1, 0.15) is 18.2 Å². The topological polar surface area (TPSA) is 39.2 Å². The van der Waals surface area contributed by atoms with Crippen molar-refractivity contribution in [2.24, 2.45) is 5.73 Å². The Labute approximate surface area is 117 Å². The van der Waals surface area contributed by atoms with E-state index in [-0.39, 0.29) is 6.04 Å². The molecule has 0 saturated carbocycles. The van der Waals surface area contributed by atoms with Gasteiger partial charge in [0, 0.05) is 16.0 Å². The van der Waals surface area contributed by atoms with Crippen molar-refractivity contribution in [1.82, 2.24) is 0 Å². The lowest BCUT2D eigenvalue weighted by Gasteiger charge is -2.09. The number of halogens is 1. The number of nitrogens with two attached hydrogens (primary N) is 1. The molecule has 0 aliphatic heterocycles. The molecule has 0 saturated heterocycles. The van der Waals surface area contributed by atoms with Gasteiger partial charge >= 0.3 is 0 Å². The van der Waals surface area contributed by atoms with Gasteiger partial charge in [-0.05, 0) is 44.0 Å². The lowest BCUT2D eigenvalue weighted by molar-refractivity contribution is 0.527. The van der Waals surface area contributed by atoms with Crippen LogP contribution in [0, 0.1) is 6.92 Å². The van der Waals surface area contributed by atoms with Crippen molar-refractivity contribution in [2.45, 2.75) is 36.1 Å². The quantitative estimate of drug-likeness (QED) is 0.909. The van der Waals surface area contributed by atoms with Gasteiger partial charge in [0.1, 0.15) is 5.76 Å². The van der Waals surface area contributed by atoms with E-state index in [0.29, 0.717) is 0 Å². The number of hydrogen-bond acceptors (Lipinski definition) is 3. The van der Waals surface area contributed by atoms with Gasteiger partial charge in [0.25, 0.3) is 0 Å². The third-order valence-corrected chi connectivity index (χ3v) is 4.09. The molecule has 1 heterocycles. The van der Waals surface area contributed by atoms with Gasteiger partial charge in [0.15, 0.2) is 0 Å². The molecule has 4 heteroatoms. The summed E-state index contributed by atoms with van der Waals surface area (Å²) in [7, 11) is 0. The Balaban J connectivity index is 2.16. The van der Waals surface area contributed by atoms with Gasteiger partial charge < -0.3 is 10.2 Å². The minimum atomic E-state index is 0.122. The van der Waals surface area contributed by atoms with E-state index in [1.807, 2.05) is 32.0 Å². The molecule has 2 N–H and O–H groups in total. The van der Waals surface area contributed by atoms with Crippen LogP contribution in [-0.2, 0) is 6.42 Å². The van der Waals surface area contributed by atoms with E-state index < -0.39 is 0 Å². The van der Waals surface area contributed by atoms with Gasteiger partial charge in [-0.1, -0.05) is 29.4 Å². The minimum Gasteiger partial charge on any atom is -0.468 e. The van der Waals surface area contributed by atoms with Crippen molar-refractivity contribution in [3.05, 3.63) is 46.9 Å². The summed E-state index contributed by atoms with van der Waals surface area (Å²) in [6.45, 7) is 3.93. The minimum absolute atomic E-state index is 0.122. The average Bonchev–Trinajstić information content (AvgIpc) is 2.68. The molecule has 2 nitrogen and oxygen atoms in total. The highest BCUT2D eigenvalue weighted by Crippen LogP contribution is 2.33. The molecule has 0 radical (unpaired) electrons. The molecule has 1 atom stereocenters. The van der Waals surface area contributed by atoms with Gasteiger partial charge in [0.2, 0.25) is 0 Å². The third-order valence-electron chi connectivity index (χ3n) is 2.61. The fraction of sp³-hybridized carbons (Fsp3) is 0.286. The van der Waals surface area contributed by atoms with Crippen LogP contribution < -0.4 is 5.73 Å². The predicted octanol–water partition coefficient (Wildman–Crippen LogP) is 4.28. The van der Waals surface area contributed by atoms with Crippen molar-refractivity contribution < 1.29 is 4.42 Å². The molecule has 1 aromatic carbocycles. The first-order chi connectivity index (χ1) is 8.56. The van der Waals surface area contributed by atoms with Crippen molar-refractivity contribution in [1.29, 1.82) is 0 Å². The molecule has 2 rings (SSSR count). The summed E-state index contributed by atoms with van der Waals surface area (Å²) in [6, 6.07) is 8.18. The van der Waals surface area contributed by atoms with Crippen molar-refractivity contribution >= 4 is 23.4 Å². The molecule has 0 aliphatic rings. The zero-order valence-corrected chi connectivity index (χ0v) is 12.0. The highest BCUT2D eigenvalue weighted by atomic mass is 35.5. The van der Waals surface area contributed by atoms with E-state index in [1.54, 1.807) is 18.0 Å². The number of hydrogen-bond donors (Lipinski definition) is 1. The van der Waals surface area contributed by atoms with Crippen LogP contribution in [0.25, 0.3) is 0 Å². The Hall–Kier alpha value is -0.900. The van der Waals surface area contributed by atoms with E-state index in [4.69, 9.17) is 21.8 Å². The Morgan fingerprint density at radius 2 is 2.17 bits per heavy atom. The smallest absolute Gasteiger partial charge is 0.114 e. The molecule has 0 aliphatic carbocycles. The van der Waals surface area contributed by atoms with Crippen LogP contribution in [0.4, 0.5) is 0 Å². The lowest BCUT2D eigenvalue weighted by atomic mass is 10.1. The van der Waals surface area contributed by atoms with Crippen molar-refractivity contribution in [2.75, 3.05) is 0 Å². The molecule has 96 valence electrons. The second kappa shape index (κ2) is 5.83.